The molecule has 0 rings (SSSR count). The molecule has 3 N–H and O–H groups in total. The first kappa shape index (κ1) is 21.2. The number of rotatable bonds is 11. The Labute approximate surface area is 138 Å². The van der Waals surface area contributed by atoms with E-state index in [2.05, 4.69) is 10.6 Å². The van der Waals surface area contributed by atoms with E-state index in [1.807, 2.05) is 20.8 Å². The van der Waals surface area contributed by atoms with Crippen molar-refractivity contribution in [3.05, 3.63) is 0 Å². The van der Waals surface area contributed by atoms with Crippen molar-refractivity contribution < 1.29 is 24.2 Å². The third kappa shape index (κ3) is 16.4. The van der Waals surface area contributed by atoms with Crippen LogP contribution in [0.1, 0.15) is 65.7 Å². The third-order valence-corrected chi connectivity index (χ3v) is 2.89. The Morgan fingerprint density at radius 3 is 2.04 bits per heavy atom. The molecule has 0 aromatic heterocycles. The van der Waals surface area contributed by atoms with E-state index >= 15 is 0 Å². The van der Waals surface area contributed by atoms with Crippen molar-refractivity contribution in [2.45, 2.75) is 71.3 Å². The lowest BCUT2D eigenvalue weighted by atomic mass is 10.2. The predicted octanol–water partition coefficient (Wildman–Crippen LogP) is 2.44. The van der Waals surface area contributed by atoms with Crippen molar-refractivity contribution in [2.75, 3.05) is 13.1 Å². The van der Waals surface area contributed by atoms with Crippen molar-refractivity contribution in [2.24, 2.45) is 0 Å². The van der Waals surface area contributed by atoms with Crippen molar-refractivity contribution in [3.63, 3.8) is 0 Å². The summed E-state index contributed by atoms with van der Waals surface area (Å²) >= 11 is 0. The number of carboxylic acids is 1. The second-order valence-corrected chi connectivity index (χ2v) is 6.44. The quantitative estimate of drug-likeness (QED) is 0.505. The number of carboxylic acid groups (broad SMARTS) is 1. The molecule has 0 radical (unpaired) electrons. The number of unbranched alkanes of at least 4 members (excludes halogenated alkanes) is 3. The molecule has 7 nitrogen and oxygen atoms in total. The highest BCUT2D eigenvalue weighted by atomic mass is 16.6. The Hall–Kier alpha value is -1.79. The molecule has 0 aromatic rings. The Morgan fingerprint density at radius 1 is 0.870 bits per heavy atom. The first-order valence-corrected chi connectivity index (χ1v) is 8.16. The summed E-state index contributed by atoms with van der Waals surface area (Å²) in [5.74, 6) is -0.822. The molecule has 0 bridgehead atoms. The zero-order chi connectivity index (χ0) is 17.7. The zero-order valence-electron chi connectivity index (χ0n) is 14.4. The van der Waals surface area contributed by atoms with E-state index in [-0.39, 0.29) is 12.3 Å². The summed E-state index contributed by atoms with van der Waals surface area (Å²) in [6.45, 7) is 6.49. The maximum atomic E-state index is 11.5. The first-order valence-electron chi connectivity index (χ1n) is 8.16. The lowest BCUT2D eigenvalue weighted by Gasteiger charge is -2.19. The van der Waals surface area contributed by atoms with Crippen LogP contribution in [0.4, 0.5) is 4.79 Å². The fourth-order valence-corrected chi connectivity index (χ4v) is 1.81. The Morgan fingerprint density at radius 2 is 1.43 bits per heavy atom. The molecule has 0 fully saturated rings. The smallest absolute Gasteiger partial charge is 0.407 e. The predicted molar refractivity (Wildman–Crippen MR) is 87.2 cm³/mol. The van der Waals surface area contributed by atoms with Gasteiger partial charge in [-0.05, 0) is 46.5 Å². The highest BCUT2D eigenvalue weighted by Gasteiger charge is 2.15. The van der Waals surface area contributed by atoms with Gasteiger partial charge < -0.3 is 20.5 Å². The summed E-state index contributed by atoms with van der Waals surface area (Å²) < 4.78 is 5.11. The number of nitrogens with one attached hydrogen (secondary N) is 2. The second kappa shape index (κ2) is 11.7. The molecule has 0 atom stereocenters. The number of carbonyl (C=O) groups excluding carboxylic acids is 2. The molecule has 23 heavy (non-hydrogen) atoms. The lowest BCUT2D eigenvalue weighted by Crippen LogP contribution is -2.33. The number of hydrogen-bond donors (Lipinski definition) is 3. The average Bonchev–Trinajstić information content (AvgIpc) is 2.40. The normalized spacial score (nSPS) is 10.9. The minimum atomic E-state index is -0.809. The van der Waals surface area contributed by atoms with Crippen molar-refractivity contribution in [1.29, 1.82) is 0 Å². The molecule has 0 aromatic carbocycles. The maximum absolute atomic E-state index is 11.5. The van der Waals surface area contributed by atoms with E-state index in [0.29, 0.717) is 32.4 Å². The summed E-state index contributed by atoms with van der Waals surface area (Å²) in [4.78, 5) is 33.2. The van der Waals surface area contributed by atoms with Crippen molar-refractivity contribution in [1.82, 2.24) is 10.6 Å². The largest absolute Gasteiger partial charge is 0.481 e. The SMILES string of the molecule is CC(C)(C)OC(=O)NCCCCCC(=O)NCCCCC(=O)O. The van der Waals surface area contributed by atoms with Crippen LogP contribution in [0.3, 0.4) is 0 Å². The molecule has 134 valence electrons. The van der Waals surface area contributed by atoms with Crippen LogP contribution < -0.4 is 10.6 Å². The summed E-state index contributed by atoms with van der Waals surface area (Å²) in [5.41, 5.74) is -0.493. The van der Waals surface area contributed by atoms with Gasteiger partial charge in [-0.25, -0.2) is 4.79 Å². The van der Waals surface area contributed by atoms with Gasteiger partial charge in [0, 0.05) is 25.9 Å². The van der Waals surface area contributed by atoms with Crippen LogP contribution >= 0.6 is 0 Å². The minimum Gasteiger partial charge on any atom is -0.481 e. The fourth-order valence-electron chi connectivity index (χ4n) is 1.81. The lowest BCUT2D eigenvalue weighted by molar-refractivity contribution is -0.137. The van der Waals surface area contributed by atoms with E-state index in [1.54, 1.807) is 0 Å². The Bertz CT molecular complexity index is 377. The van der Waals surface area contributed by atoms with Crippen LogP contribution in [0.5, 0.6) is 0 Å². The van der Waals surface area contributed by atoms with Gasteiger partial charge in [0.15, 0.2) is 0 Å². The third-order valence-electron chi connectivity index (χ3n) is 2.89. The molecule has 0 heterocycles. The number of alkyl carbamates (subject to hydrolysis) is 1. The molecule has 0 spiro atoms. The van der Waals surface area contributed by atoms with Gasteiger partial charge in [0.2, 0.25) is 5.91 Å². The number of amides is 2. The molecule has 0 aliphatic rings. The van der Waals surface area contributed by atoms with Gasteiger partial charge in [-0.2, -0.15) is 0 Å². The molecular weight excluding hydrogens is 300 g/mol. The van der Waals surface area contributed by atoms with Crippen molar-refractivity contribution >= 4 is 18.0 Å². The van der Waals surface area contributed by atoms with Gasteiger partial charge >= 0.3 is 12.1 Å². The van der Waals surface area contributed by atoms with Crippen LogP contribution in [0, 0.1) is 0 Å². The van der Waals surface area contributed by atoms with Gasteiger partial charge in [-0.15, -0.1) is 0 Å². The average molecular weight is 330 g/mol. The van der Waals surface area contributed by atoms with Gasteiger partial charge in [0.05, 0.1) is 0 Å². The van der Waals surface area contributed by atoms with Crippen LogP contribution in [0.2, 0.25) is 0 Å². The van der Waals surface area contributed by atoms with Gasteiger partial charge in [0.25, 0.3) is 0 Å². The highest BCUT2D eigenvalue weighted by molar-refractivity contribution is 5.75. The van der Waals surface area contributed by atoms with Crippen LogP contribution in [0.25, 0.3) is 0 Å². The number of ether oxygens (including phenoxy) is 1. The molecule has 0 saturated heterocycles. The first-order chi connectivity index (χ1) is 10.7. The second-order valence-electron chi connectivity index (χ2n) is 6.44. The van der Waals surface area contributed by atoms with Crippen LogP contribution in [0.15, 0.2) is 0 Å². The zero-order valence-corrected chi connectivity index (χ0v) is 14.4. The molecule has 0 aliphatic carbocycles. The summed E-state index contributed by atoms with van der Waals surface area (Å²) in [6, 6.07) is 0. The minimum absolute atomic E-state index is 0.0135. The number of aliphatic carboxylic acids is 1. The molecule has 2 amide bonds. The Kier molecular flexibility index (Phi) is 10.8. The summed E-state index contributed by atoms with van der Waals surface area (Å²) in [5, 5.41) is 13.9. The van der Waals surface area contributed by atoms with Gasteiger partial charge in [-0.3, -0.25) is 9.59 Å². The van der Waals surface area contributed by atoms with E-state index in [1.165, 1.54) is 0 Å². The number of carbonyl (C=O) groups is 3. The molecule has 0 unspecified atom stereocenters. The molecule has 0 aliphatic heterocycles. The topological polar surface area (TPSA) is 105 Å². The summed E-state index contributed by atoms with van der Waals surface area (Å²) in [6.07, 6.45) is 3.83. The molecule has 7 heteroatoms. The van der Waals surface area contributed by atoms with Crippen molar-refractivity contribution in [3.8, 4) is 0 Å². The maximum Gasteiger partial charge on any atom is 0.407 e. The van der Waals surface area contributed by atoms with E-state index < -0.39 is 17.7 Å². The van der Waals surface area contributed by atoms with E-state index in [4.69, 9.17) is 9.84 Å². The van der Waals surface area contributed by atoms with Gasteiger partial charge in [0.1, 0.15) is 5.60 Å². The highest BCUT2D eigenvalue weighted by Crippen LogP contribution is 2.06. The van der Waals surface area contributed by atoms with Crippen LogP contribution in [-0.2, 0) is 14.3 Å². The molecular formula is C16H30N2O5. The monoisotopic (exact) mass is 330 g/mol. The van der Waals surface area contributed by atoms with E-state index in [9.17, 15) is 14.4 Å². The van der Waals surface area contributed by atoms with Gasteiger partial charge in [-0.1, -0.05) is 6.42 Å². The standard InChI is InChI=1S/C16H30N2O5/c1-16(2,3)23-15(22)18-12-7-4-5-9-13(19)17-11-8-6-10-14(20)21/h4-12H2,1-3H3,(H,17,19)(H,18,22)(H,20,21). The fraction of sp³-hybridized carbons (Fsp3) is 0.812. The molecule has 0 saturated carbocycles. The Balaban J connectivity index is 3.42. The number of hydrogen-bond acceptors (Lipinski definition) is 4. The summed E-state index contributed by atoms with van der Waals surface area (Å²) in [7, 11) is 0. The van der Waals surface area contributed by atoms with Crippen LogP contribution in [-0.4, -0.2) is 41.8 Å². The van der Waals surface area contributed by atoms with E-state index in [0.717, 1.165) is 19.3 Å².